The van der Waals surface area contributed by atoms with Crippen molar-refractivity contribution in [1.29, 1.82) is 0 Å². The fraction of sp³-hybridized carbons (Fsp3) is 0.529. The molecule has 1 aromatic heterocycles. The van der Waals surface area contributed by atoms with Gasteiger partial charge in [-0.25, -0.2) is 0 Å². The van der Waals surface area contributed by atoms with Gasteiger partial charge in [-0.1, -0.05) is 30.2 Å². The van der Waals surface area contributed by atoms with Crippen LogP contribution in [0.1, 0.15) is 38.6 Å². The highest BCUT2D eigenvalue weighted by molar-refractivity contribution is 7.71. The SMILES string of the molecule is CC(C1CC2CCC1C2)n1c(-c2cccc(Cl)c2)n[nH]c1=S. The standard InChI is InChI=1S/C17H20ClN3S/c1-10(15-8-11-5-6-12(15)7-11)21-16(19-20-17(21)22)13-3-2-4-14(18)9-13/h2-4,9-12,15H,5-8H2,1H3,(H,20,22). The normalized spacial score (nSPS) is 28.2. The van der Waals surface area contributed by atoms with Crippen LogP contribution < -0.4 is 0 Å². The van der Waals surface area contributed by atoms with E-state index in [2.05, 4.69) is 21.7 Å². The Balaban J connectivity index is 1.73. The van der Waals surface area contributed by atoms with Gasteiger partial charge in [-0.2, -0.15) is 5.10 Å². The van der Waals surface area contributed by atoms with Gasteiger partial charge in [0.05, 0.1) is 0 Å². The first kappa shape index (κ1) is 14.5. The maximum Gasteiger partial charge on any atom is 0.195 e. The monoisotopic (exact) mass is 333 g/mol. The maximum atomic E-state index is 6.14. The van der Waals surface area contributed by atoms with Gasteiger partial charge < -0.3 is 0 Å². The van der Waals surface area contributed by atoms with Gasteiger partial charge in [0.15, 0.2) is 10.6 Å². The van der Waals surface area contributed by atoms with Gasteiger partial charge in [-0.15, -0.1) is 0 Å². The van der Waals surface area contributed by atoms with E-state index < -0.39 is 0 Å². The molecule has 0 radical (unpaired) electrons. The number of nitrogens with one attached hydrogen (secondary N) is 1. The van der Waals surface area contributed by atoms with Crippen LogP contribution in [-0.2, 0) is 0 Å². The van der Waals surface area contributed by atoms with Crippen molar-refractivity contribution in [2.24, 2.45) is 17.8 Å². The molecule has 0 spiro atoms. The van der Waals surface area contributed by atoms with E-state index in [1.165, 1.54) is 25.7 Å². The van der Waals surface area contributed by atoms with Crippen LogP contribution in [-0.4, -0.2) is 14.8 Å². The van der Waals surface area contributed by atoms with Crippen LogP contribution in [0.4, 0.5) is 0 Å². The van der Waals surface area contributed by atoms with Gasteiger partial charge in [0, 0.05) is 16.6 Å². The second kappa shape index (κ2) is 5.50. The van der Waals surface area contributed by atoms with Crippen molar-refractivity contribution in [3.8, 4) is 11.4 Å². The lowest BCUT2D eigenvalue weighted by Crippen LogP contribution is -2.22. The van der Waals surface area contributed by atoms with Crippen molar-refractivity contribution < 1.29 is 0 Å². The van der Waals surface area contributed by atoms with Gasteiger partial charge in [-0.05, 0) is 68.3 Å². The molecule has 0 saturated heterocycles. The maximum absolute atomic E-state index is 6.14. The number of fused-ring (bicyclic) bond motifs is 2. The van der Waals surface area contributed by atoms with Gasteiger partial charge in [0.1, 0.15) is 0 Å². The topological polar surface area (TPSA) is 33.6 Å². The summed E-state index contributed by atoms with van der Waals surface area (Å²) in [5.41, 5.74) is 1.02. The molecule has 4 atom stereocenters. The number of halogens is 1. The second-order valence-corrected chi connectivity index (χ2v) is 7.64. The first-order valence-electron chi connectivity index (χ1n) is 8.06. The Kier molecular flexibility index (Phi) is 3.61. The zero-order chi connectivity index (χ0) is 15.3. The molecular formula is C17H20ClN3S. The first-order valence-corrected chi connectivity index (χ1v) is 8.85. The number of nitrogens with zero attached hydrogens (tertiary/aromatic N) is 2. The van der Waals surface area contributed by atoms with Crippen LogP contribution in [0, 0.1) is 22.5 Å². The minimum atomic E-state index is 0.385. The summed E-state index contributed by atoms with van der Waals surface area (Å²) in [5, 5.41) is 8.17. The molecule has 4 unspecified atom stereocenters. The molecule has 2 fully saturated rings. The number of aromatic nitrogens is 3. The van der Waals surface area contributed by atoms with Crippen LogP contribution in [0.2, 0.25) is 5.02 Å². The molecule has 116 valence electrons. The van der Waals surface area contributed by atoms with E-state index in [4.69, 9.17) is 23.8 Å². The molecule has 1 N–H and O–H groups in total. The van der Waals surface area contributed by atoms with Gasteiger partial charge in [0.25, 0.3) is 0 Å². The Morgan fingerprint density at radius 3 is 2.91 bits per heavy atom. The molecule has 1 aromatic carbocycles. The number of benzene rings is 1. The minimum absolute atomic E-state index is 0.385. The lowest BCUT2D eigenvalue weighted by molar-refractivity contribution is 0.242. The van der Waals surface area contributed by atoms with Crippen LogP contribution in [0.25, 0.3) is 11.4 Å². The molecule has 2 saturated carbocycles. The molecule has 2 aliphatic rings. The fourth-order valence-electron chi connectivity index (χ4n) is 4.59. The van der Waals surface area contributed by atoms with Crippen molar-refractivity contribution in [2.45, 2.75) is 38.6 Å². The summed E-state index contributed by atoms with van der Waals surface area (Å²) in [7, 11) is 0. The fourth-order valence-corrected chi connectivity index (χ4v) is 5.08. The molecular weight excluding hydrogens is 314 g/mol. The average Bonchev–Trinajstić information content (AvgIpc) is 3.21. The highest BCUT2D eigenvalue weighted by atomic mass is 35.5. The molecule has 4 rings (SSSR count). The Morgan fingerprint density at radius 1 is 1.36 bits per heavy atom. The number of hydrogen-bond donors (Lipinski definition) is 1. The second-order valence-electron chi connectivity index (χ2n) is 6.81. The molecule has 0 amide bonds. The van der Waals surface area contributed by atoms with E-state index >= 15 is 0 Å². The van der Waals surface area contributed by atoms with Crippen LogP contribution in [0.3, 0.4) is 0 Å². The Hall–Kier alpha value is -1.13. The van der Waals surface area contributed by atoms with Crippen LogP contribution in [0.5, 0.6) is 0 Å². The van der Waals surface area contributed by atoms with Gasteiger partial charge in [0.2, 0.25) is 0 Å². The summed E-state index contributed by atoms with van der Waals surface area (Å²) < 4.78 is 2.91. The molecule has 2 aliphatic carbocycles. The predicted octanol–water partition coefficient (Wildman–Crippen LogP) is 5.26. The summed E-state index contributed by atoms with van der Waals surface area (Å²) in [6.07, 6.45) is 5.56. The first-order chi connectivity index (χ1) is 10.6. The smallest absolute Gasteiger partial charge is 0.195 e. The number of rotatable bonds is 3. The van der Waals surface area contributed by atoms with Crippen molar-refractivity contribution >= 4 is 23.8 Å². The van der Waals surface area contributed by atoms with Crippen molar-refractivity contribution in [3.63, 3.8) is 0 Å². The number of aromatic amines is 1. The van der Waals surface area contributed by atoms with E-state index in [-0.39, 0.29) is 0 Å². The Bertz CT molecular complexity index is 750. The summed E-state index contributed by atoms with van der Waals surface area (Å²) in [6, 6.07) is 8.23. The lowest BCUT2D eigenvalue weighted by atomic mass is 9.84. The Morgan fingerprint density at radius 2 is 2.23 bits per heavy atom. The van der Waals surface area contributed by atoms with E-state index in [0.29, 0.717) is 10.8 Å². The van der Waals surface area contributed by atoms with Gasteiger partial charge in [-0.3, -0.25) is 9.67 Å². The van der Waals surface area contributed by atoms with Crippen molar-refractivity contribution in [2.75, 3.05) is 0 Å². The van der Waals surface area contributed by atoms with E-state index in [0.717, 1.165) is 34.2 Å². The lowest BCUT2D eigenvalue weighted by Gasteiger charge is -2.29. The molecule has 1 heterocycles. The highest BCUT2D eigenvalue weighted by Gasteiger charge is 2.42. The third kappa shape index (κ3) is 2.33. The molecule has 3 nitrogen and oxygen atoms in total. The van der Waals surface area contributed by atoms with Crippen LogP contribution in [0.15, 0.2) is 24.3 Å². The Labute approximate surface area is 140 Å². The van der Waals surface area contributed by atoms with E-state index in [1.54, 1.807) is 0 Å². The van der Waals surface area contributed by atoms with Gasteiger partial charge >= 0.3 is 0 Å². The predicted molar refractivity (Wildman–Crippen MR) is 91.5 cm³/mol. The third-order valence-corrected chi connectivity index (χ3v) is 6.13. The quantitative estimate of drug-likeness (QED) is 0.777. The molecule has 2 bridgehead atoms. The largest absolute Gasteiger partial charge is 0.297 e. The molecule has 5 heteroatoms. The van der Waals surface area contributed by atoms with E-state index in [1.807, 2.05) is 24.3 Å². The van der Waals surface area contributed by atoms with Crippen LogP contribution >= 0.6 is 23.8 Å². The molecule has 2 aromatic rings. The zero-order valence-electron chi connectivity index (χ0n) is 12.6. The number of H-pyrrole nitrogens is 1. The number of hydrogen-bond acceptors (Lipinski definition) is 2. The van der Waals surface area contributed by atoms with E-state index in [9.17, 15) is 0 Å². The zero-order valence-corrected chi connectivity index (χ0v) is 14.2. The average molecular weight is 334 g/mol. The van der Waals surface area contributed by atoms with Crippen molar-refractivity contribution in [1.82, 2.24) is 14.8 Å². The summed E-state index contributed by atoms with van der Waals surface area (Å²) in [6.45, 7) is 2.30. The summed E-state index contributed by atoms with van der Waals surface area (Å²) in [5.74, 6) is 3.43. The summed E-state index contributed by atoms with van der Waals surface area (Å²) in [4.78, 5) is 0. The highest BCUT2D eigenvalue weighted by Crippen LogP contribution is 2.52. The third-order valence-electron chi connectivity index (χ3n) is 5.61. The molecule has 22 heavy (non-hydrogen) atoms. The molecule has 0 aliphatic heterocycles. The minimum Gasteiger partial charge on any atom is -0.297 e. The summed E-state index contributed by atoms with van der Waals surface area (Å²) >= 11 is 11.7. The van der Waals surface area contributed by atoms with Crippen molar-refractivity contribution in [3.05, 3.63) is 34.1 Å².